The molecule has 2 aromatic carbocycles. The van der Waals surface area contributed by atoms with Crippen LogP contribution in [0.15, 0.2) is 79.0 Å². The van der Waals surface area contributed by atoms with Gasteiger partial charge in [0.15, 0.2) is 0 Å². The van der Waals surface area contributed by atoms with E-state index in [-0.39, 0.29) is 11.3 Å². The summed E-state index contributed by atoms with van der Waals surface area (Å²) in [5, 5.41) is 7.69. The van der Waals surface area contributed by atoms with Gasteiger partial charge >= 0.3 is 0 Å². The number of nitrogen functional groups attached to an aromatic ring is 1. The summed E-state index contributed by atoms with van der Waals surface area (Å²) in [5.74, 6) is -0.728. The monoisotopic (exact) mass is 552 g/mol. The van der Waals surface area contributed by atoms with E-state index < -0.39 is 11.9 Å². The summed E-state index contributed by atoms with van der Waals surface area (Å²) in [7, 11) is 0. The number of hydrogen-bond acceptors (Lipinski definition) is 5. The van der Waals surface area contributed by atoms with Crippen LogP contribution in [0.2, 0.25) is 0 Å². The van der Waals surface area contributed by atoms with Gasteiger partial charge in [0.05, 0.1) is 11.4 Å². The molecule has 8 heteroatoms. The number of primary amides is 1. The minimum absolute atomic E-state index is 0.0739. The predicted octanol–water partition coefficient (Wildman–Crippen LogP) is 5.13. The first-order valence-corrected chi connectivity index (χ1v) is 14.1. The second kappa shape index (κ2) is 13.3. The highest BCUT2D eigenvalue weighted by atomic mass is 16.2. The van der Waals surface area contributed by atoms with Crippen LogP contribution in [0.4, 0.5) is 5.69 Å². The van der Waals surface area contributed by atoms with Crippen LogP contribution in [0.5, 0.6) is 0 Å². The van der Waals surface area contributed by atoms with Gasteiger partial charge in [-0.2, -0.15) is 5.10 Å². The molecule has 0 fully saturated rings. The third-order valence-corrected chi connectivity index (χ3v) is 7.12. The Morgan fingerprint density at radius 1 is 0.927 bits per heavy atom. The Hall–Kier alpha value is -4.46. The number of benzene rings is 2. The highest BCUT2D eigenvalue weighted by Gasteiger charge is 2.19. The fourth-order valence-electron chi connectivity index (χ4n) is 4.71. The number of rotatable bonds is 12. The molecule has 2 aromatic heterocycles. The first-order chi connectivity index (χ1) is 19.6. The molecule has 4 aromatic rings. The van der Waals surface area contributed by atoms with E-state index in [9.17, 15) is 9.59 Å². The van der Waals surface area contributed by atoms with Crippen LogP contribution in [0.3, 0.4) is 0 Å². The molecule has 1 unspecified atom stereocenters. The van der Waals surface area contributed by atoms with Gasteiger partial charge < -0.3 is 16.8 Å². The Labute approximate surface area is 242 Å². The lowest BCUT2D eigenvalue weighted by Crippen LogP contribution is -2.45. The maximum atomic E-state index is 12.6. The molecule has 214 valence electrons. The number of aromatic nitrogens is 3. The molecule has 4 rings (SSSR count). The number of pyridine rings is 1. The van der Waals surface area contributed by atoms with Gasteiger partial charge in [0.2, 0.25) is 11.8 Å². The highest BCUT2D eigenvalue weighted by Crippen LogP contribution is 2.26. The number of unbranched alkanes of at least 4 members (excludes halogenated alkanes) is 2. The molecule has 0 saturated carbocycles. The van der Waals surface area contributed by atoms with Crippen molar-refractivity contribution >= 4 is 17.5 Å². The SMILES string of the molecule is CC(C)(C)c1ccc(-n2nc(-c3ccccn3)cc2CCCCCC(=O)NC(Cc2ccc(N)cc2)C(N)=O)cc1. The van der Waals surface area contributed by atoms with Crippen LogP contribution in [0, 0.1) is 0 Å². The van der Waals surface area contributed by atoms with E-state index in [0.29, 0.717) is 24.9 Å². The van der Waals surface area contributed by atoms with Gasteiger partial charge in [-0.25, -0.2) is 4.68 Å². The molecule has 2 amide bonds. The van der Waals surface area contributed by atoms with Crippen LogP contribution < -0.4 is 16.8 Å². The molecule has 0 bridgehead atoms. The molecule has 1 atom stereocenters. The summed E-state index contributed by atoms with van der Waals surface area (Å²) in [6.07, 6.45) is 5.71. The third kappa shape index (κ3) is 8.27. The third-order valence-electron chi connectivity index (χ3n) is 7.12. The zero-order valence-electron chi connectivity index (χ0n) is 24.1. The summed E-state index contributed by atoms with van der Waals surface area (Å²) in [4.78, 5) is 29.0. The quantitative estimate of drug-likeness (QED) is 0.166. The molecule has 0 aliphatic rings. The van der Waals surface area contributed by atoms with Gasteiger partial charge in [-0.05, 0) is 78.3 Å². The van der Waals surface area contributed by atoms with Crippen molar-refractivity contribution in [1.82, 2.24) is 20.1 Å². The fourth-order valence-corrected chi connectivity index (χ4v) is 4.71. The van der Waals surface area contributed by atoms with Crippen molar-refractivity contribution in [2.24, 2.45) is 5.73 Å². The van der Waals surface area contributed by atoms with E-state index in [1.807, 2.05) is 35.0 Å². The number of carbonyl (C=O) groups is 2. The molecule has 5 N–H and O–H groups in total. The first kappa shape index (κ1) is 29.5. The van der Waals surface area contributed by atoms with Gasteiger partial charge in [0.1, 0.15) is 11.7 Å². The molecular formula is C33H40N6O2. The lowest BCUT2D eigenvalue weighted by Gasteiger charge is -2.19. The largest absolute Gasteiger partial charge is 0.399 e. The Morgan fingerprint density at radius 3 is 2.29 bits per heavy atom. The van der Waals surface area contributed by atoms with Crippen LogP contribution in [-0.2, 0) is 27.8 Å². The summed E-state index contributed by atoms with van der Waals surface area (Å²) >= 11 is 0. The number of hydrogen-bond donors (Lipinski definition) is 3. The summed E-state index contributed by atoms with van der Waals surface area (Å²) in [6, 6.07) is 22.9. The van der Waals surface area contributed by atoms with Crippen LogP contribution in [0.25, 0.3) is 17.1 Å². The second-order valence-electron chi connectivity index (χ2n) is 11.5. The van der Waals surface area contributed by atoms with Gasteiger partial charge in [-0.15, -0.1) is 0 Å². The van der Waals surface area contributed by atoms with Crippen molar-refractivity contribution < 1.29 is 9.59 Å². The summed E-state index contributed by atoms with van der Waals surface area (Å²) in [6.45, 7) is 6.61. The van der Waals surface area contributed by atoms with E-state index in [4.69, 9.17) is 16.6 Å². The zero-order valence-corrected chi connectivity index (χ0v) is 24.1. The molecule has 0 aliphatic heterocycles. The van der Waals surface area contributed by atoms with Gasteiger partial charge in [-0.1, -0.05) is 57.5 Å². The second-order valence-corrected chi connectivity index (χ2v) is 11.5. The van der Waals surface area contributed by atoms with Crippen molar-refractivity contribution in [2.45, 2.75) is 70.8 Å². The number of nitrogens with one attached hydrogen (secondary N) is 1. The Bertz CT molecular complexity index is 1440. The van der Waals surface area contributed by atoms with Gasteiger partial charge in [-0.3, -0.25) is 14.6 Å². The number of aryl methyl sites for hydroxylation is 1. The molecule has 0 saturated heterocycles. The molecule has 2 heterocycles. The average molecular weight is 553 g/mol. The highest BCUT2D eigenvalue weighted by molar-refractivity contribution is 5.86. The van der Waals surface area contributed by atoms with E-state index in [2.05, 4.69) is 61.4 Å². The topological polar surface area (TPSA) is 129 Å². The number of nitrogens with two attached hydrogens (primary N) is 2. The summed E-state index contributed by atoms with van der Waals surface area (Å²) in [5.41, 5.74) is 17.9. The van der Waals surface area contributed by atoms with E-state index >= 15 is 0 Å². The average Bonchev–Trinajstić information content (AvgIpc) is 3.38. The standard InChI is InChI=1S/C33H40N6O2/c1-33(2,3)24-14-18-26(19-15-24)39-27(22-29(38-39)28-10-7-8-20-36-28)9-5-4-6-11-31(40)37-30(32(35)41)21-23-12-16-25(34)17-13-23/h7-8,10,12-20,22,30H,4-6,9,11,21,34H2,1-3H3,(H2,35,41)(H,37,40). The number of anilines is 1. The Balaban J connectivity index is 1.35. The predicted molar refractivity (Wildman–Crippen MR) is 163 cm³/mol. The lowest BCUT2D eigenvalue weighted by molar-refractivity contribution is -0.127. The van der Waals surface area contributed by atoms with E-state index in [0.717, 1.165) is 47.6 Å². The number of nitrogens with zero attached hydrogens (tertiary/aromatic N) is 3. The maximum Gasteiger partial charge on any atom is 0.240 e. The normalized spacial score (nSPS) is 12.2. The van der Waals surface area contributed by atoms with Crippen molar-refractivity contribution in [3.63, 3.8) is 0 Å². The molecule has 41 heavy (non-hydrogen) atoms. The van der Waals surface area contributed by atoms with E-state index in [1.54, 1.807) is 18.3 Å². The maximum absolute atomic E-state index is 12.6. The molecule has 0 aliphatic carbocycles. The molecular weight excluding hydrogens is 512 g/mol. The van der Waals surface area contributed by atoms with Crippen molar-refractivity contribution in [3.8, 4) is 17.1 Å². The van der Waals surface area contributed by atoms with Crippen LogP contribution in [0.1, 0.15) is 63.3 Å². The van der Waals surface area contributed by atoms with Gasteiger partial charge in [0, 0.05) is 30.4 Å². The van der Waals surface area contributed by atoms with Crippen LogP contribution in [-0.4, -0.2) is 32.6 Å². The Morgan fingerprint density at radius 2 is 1.66 bits per heavy atom. The number of carbonyl (C=O) groups excluding carboxylic acids is 2. The van der Waals surface area contributed by atoms with Gasteiger partial charge in [0.25, 0.3) is 0 Å². The number of amides is 2. The van der Waals surface area contributed by atoms with Crippen LogP contribution >= 0.6 is 0 Å². The molecule has 0 spiro atoms. The van der Waals surface area contributed by atoms with Crippen molar-refractivity contribution in [3.05, 3.63) is 95.8 Å². The fraction of sp³-hybridized carbons (Fsp3) is 0.333. The van der Waals surface area contributed by atoms with E-state index in [1.165, 1.54) is 5.56 Å². The zero-order chi connectivity index (χ0) is 29.4. The minimum atomic E-state index is -0.754. The van der Waals surface area contributed by atoms with Crippen molar-refractivity contribution in [1.29, 1.82) is 0 Å². The molecule has 0 radical (unpaired) electrons. The van der Waals surface area contributed by atoms with Crippen molar-refractivity contribution in [2.75, 3.05) is 5.73 Å². The molecule has 8 nitrogen and oxygen atoms in total. The first-order valence-electron chi connectivity index (χ1n) is 14.1. The minimum Gasteiger partial charge on any atom is -0.399 e. The summed E-state index contributed by atoms with van der Waals surface area (Å²) < 4.78 is 2.00. The lowest BCUT2D eigenvalue weighted by atomic mass is 9.87. The Kier molecular flexibility index (Phi) is 9.55. The smallest absolute Gasteiger partial charge is 0.240 e.